The molecule has 2 aromatic carbocycles. The molecule has 8 heteroatoms. The summed E-state index contributed by atoms with van der Waals surface area (Å²) < 4.78 is 54.0. The summed E-state index contributed by atoms with van der Waals surface area (Å²) in [6.45, 7) is 0. The van der Waals surface area contributed by atoms with Gasteiger partial charge in [0.15, 0.2) is 5.78 Å². The van der Waals surface area contributed by atoms with Crippen molar-refractivity contribution in [3.05, 3.63) is 65.7 Å². The number of fused-ring (bicyclic) bond motifs is 1. The zero-order chi connectivity index (χ0) is 21.3. The molecule has 0 amide bonds. The van der Waals surface area contributed by atoms with Gasteiger partial charge in [0.2, 0.25) is 0 Å². The van der Waals surface area contributed by atoms with Crippen LogP contribution in [-0.2, 0) is 19.7 Å². The predicted octanol–water partition coefficient (Wildman–Crippen LogP) is 2.86. The maximum absolute atomic E-state index is 13.7. The van der Waals surface area contributed by atoms with Gasteiger partial charge in [-0.15, -0.1) is 0 Å². The SMILES string of the molecule is CS(=O)(=O)CCC1(CCS(C)(=O)=O)C(=O)c2ccccc2OC1c1ccccc1. The van der Waals surface area contributed by atoms with Crippen LogP contribution in [0.5, 0.6) is 5.75 Å². The smallest absolute Gasteiger partial charge is 0.176 e. The largest absolute Gasteiger partial charge is 0.484 e. The fourth-order valence-electron chi connectivity index (χ4n) is 3.75. The number of sulfone groups is 2. The molecule has 1 unspecified atom stereocenters. The molecule has 0 fully saturated rings. The molecule has 0 radical (unpaired) electrons. The number of ether oxygens (including phenoxy) is 1. The molecule has 1 aliphatic heterocycles. The van der Waals surface area contributed by atoms with Gasteiger partial charge < -0.3 is 4.74 Å². The van der Waals surface area contributed by atoms with Crippen LogP contribution in [0.2, 0.25) is 0 Å². The Morgan fingerprint density at radius 3 is 1.90 bits per heavy atom. The van der Waals surface area contributed by atoms with E-state index in [1.165, 1.54) is 0 Å². The molecule has 156 valence electrons. The Morgan fingerprint density at radius 2 is 1.34 bits per heavy atom. The van der Waals surface area contributed by atoms with Crippen LogP contribution in [0.4, 0.5) is 0 Å². The number of carbonyl (C=O) groups excluding carboxylic acids is 1. The van der Waals surface area contributed by atoms with E-state index in [1.54, 1.807) is 24.3 Å². The van der Waals surface area contributed by atoms with Crippen molar-refractivity contribution in [2.75, 3.05) is 24.0 Å². The highest BCUT2D eigenvalue weighted by Gasteiger charge is 2.52. The fourth-order valence-corrected chi connectivity index (χ4v) is 5.22. The van der Waals surface area contributed by atoms with Gasteiger partial charge >= 0.3 is 0 Å². The molecule has 1 heterocycles. The Hall–Kier alpha value is -2.19. The van der Waals surface area contributed by atoms with Gasteiger partial charge in [-0.05, 0) is 30.5 Å². The highest BCUT2D eigenvalue weighted by atomic mass is 32.2. The summed E-state index contributed by atoms with van der Waals surface area (Å²) in [5.74, 6) is -0.337. The number of rotatable bonds is 7. The third-order valence-electron chi connectivity index (χ3n) is 5.27. The topological polar surface area (TPSA) is 94.6 Å². The van der Waals surface area contributed by atoms with E-state index in [0.717, 1.165) is 12.5 Å². The van der Waals surface area contributed by atoms with Crippen molar-refractivity contribution < 1.29 is 26.4 Å². The number of Topliss-reactive ketones (excluding diaryl/α,β-unsaturated/α-hetero) is 1. The van der Waals surface area contributed by atoms with Crippen molar-refractivity contribution >= 4 is 25.5 Å². The lowest BCUT2D eigenvalue weighted by Crippen LogP contribution is -2.46. The zero-order valence-corrected chi connectivity index (χ0v) is 18.0. The molecule has 0 saturated heterocycles. The molecule has 0 N–H and O–H groups in total. The zero-order valence-electron chi connectivity index (χ0n) is 16.4. The molecule has 1 atom stereocenters. The Morgan fingerprint density at radius 1 is 0.828 bits per heavy atom. The molecular formula is C21H24O6S2. The minimum atomic E-state index is -3.38. The van der Waals surface area contributed by atoms with Crippen LogP contribution < -0.4 is 4.74 Å². The van der Waals surface area contributed by atoms with Crippen molar-refractivity contribution in [2.24, 2.45) is 5.41 Å². The third kappa shape index (κ3) is 4.87. The van der Waals surface area contributed by atoms with Crippen LogP contribution in [0, 0.1) is 5.41 Å². The fraction of sp³-hybridized carbons (Fsp3) is 0.381. The van der Waals surface area contributed by atoms with Crippen molar-refractivity contribution in [1.29, 1.82) is 0 Å². The molecule has 0 spiro atoms. The van der Waals surface area contributed by atoms with Crippen molar-refractivity contribution in [3.8, 4) is 5.75 Å². The first kappa shape index (κ1) is 21.5. The summed E-state index contributed by atoms with van der Waals surface area (Å²) in [5, 5.41) is 0. The van der Waals surface area contributed by atoms with Crippen LogP contribution in [-0.4, -0.2) is 46.6 Å². The number of hydrogen-bond acceptors (Lipinski definition) is 6. The van der Waals surface area contributed by atoms with Crippen LogP contribution in [0.3, 0.4) is 0 Å². The van der Waals surface area contributed by atoms with Gasteiger partial charge in [0.05, 0.1) is 22.5 Å². The van der Waals surface area contributed by atoms with Crippen molar-refractivity contribution in [1.82, 2.24) is 0 Å². The molecular weight excluding hydrogens is 412 g/mol. The summed E-state index contributed by atoms with van der Waals surface area (Å²) in [5.41, 5.74) is -0.249. The molecule has 29 heavy (non-hydrogen) atoms. The number of hydrogen-bond donors (Lipinski definition) is 0. The lowest BCUT2D eigenvalue weighted by molar-refractivity contribution is 0.0210. The molecule has 0 aliphatic carbocycles. The lowest BCUT2D eigenvalue weighted by atomic mass is 9.68. The van der Waals surface area contributed by atoms with Crippen LogP contribution in [0.1, 0.15) is 34.9 Å². The van der Waals surface area contributed by atoms with Gasteiger partial charge in [-0.2, -0.15) is 0 Å². The second-order valence-corrected chi connectivity index (χ2v) is 12.2. The van der Waals surface area contributed by atoms with Crippen molar-refractivity contribution in [2.45, 2.75) is 18.9 Å². The maximum atomic E-state index is 13.7. The third-order valence-corrected chi connectivity index (χ3v) is 7.16. The van der Waals surface area contributed by atoms with E-state index < -0.39 is 31.2 Å². The summed E-state index contributed by atoms with van der Waals surface area (Å²) in [6, 6.07) is 15.9. The highest BCUT2D eigenvalue weighted by Crippen LogP contribution is 2.51. The van der Waals surface area contributed by atoms with E-state index in [4.69, 9.17) is 4.74 Å². The van der Waals surface area contributed by atoms with E-state index in [0.29, 0.717) is 16.9 Å². The quantitative estimate of drug-likeness (QED) is 0.662. The van der Waals surface area contributed by atoms with E-state index in [-0.39, 0.29) is 30.1 Å². The molecule has 0 aromatic heterocycles. The summed E-state index contributed by atoms with van der Waals surface area (Å²) >= 11 is 0. The van der Waals surface area contributed by atoms with Gasteiger partial charge in [0.25, 0.3) is 0 Å². The van der Waals surface area contributed by atoms with Gasteiger partial charge in [-0.1, -0.05) is 42.5 Å². The number of para-hydroxylation sites is 1. The molecule has 0 bridgehead atoms. The monoisotopic (exact) mass is 436 g/mol. The molecule has 6 nitrogen and oxygen atoms in total. The average molecular weight is 437 g/mol. The van der Waals surface area contributed by atoms with Crippen LogP contribution >= 0.6 is 0 Å². The van der Waals surface area contributed by atoms with Gasteiger partial charge in [0.1, 0.15) is 31.5 Å². The molecule has 2 aromatic rings. The number of carbonyl (C=O) groups is 1. The standard InChI is InChI=1S/C21H24O6S2/c1-28(23,24)14-12-21(13-15-29(2,25)26)19(22)17-10-6-7-11-18(17)27-20(21)16-8-4-3-5-9-16/h3-11,20H,12-15H2,1-2H3. The highest BCUT2D eigenvalue weighted by molar-refractivity contribution is 7.90. The summed E-state index contributed by atoms with van der Waals surface area (Å²) in [7, 11) is -6.76. The molecule has 1 aliphatic rings. The van der Waals surface area contributed by atoms with Crippen LogP contribution in [0.25, 0.3) is 0 Å². The first-order valence-corrected chi connectivity index (χ1v) is 13.3. The molecule has 0 saturated carbocycles. The van der Waals surface area contributed by atoms with E-state index in [2.05, 4.69) is 0 Å². The minimum absolute atomic E-state index is 0.0198. The molecule has 3 rings (SSSR count). The van der Waals surface area contributed by atoms with E-state index >= 15 is 0 Å². The van der Waals surface area contributed by atoms with Gasteiger partial charge in [-0.3, -0.25) is 4.79 Å². The van der Waals surface area contributed by atoms with Gasteiger partial charge in [0, 0.05) is 12.5 Å². The lowest BCUT2D eigenvalue weighted by Gasteiger charge is -2.43. The Bertz CT molecular complexity index is 1070. The second-order valence-electron chi connectivity index (χ2n) is 7.65. The summed E-state index contributed by atoms with van der Waals surface area (Å²) in [4.78, 5) is 13.7. The second kappa shape index (κ2) is 7.91. The normalized spacial score (nSPS) is 18.7. The first-order valence-electron chi connectivity index (χ1n) is 9.23. The average Bonchev–Trinajstić information content (AvgIpc) is 2.66. The van der Waals surface area contributed by atoms with Gasteiger partial charge in [-0.25, -0.2) is 16.8 Å². The number of ketones is 1. The van der Waals surface area contributed by atoms with Crippen LogP contribution in [0.15, 0.2) is 54.6 Å². The van der Waals surface area contributed by atoms with Crippen molar-refractivity contribution in [3.63, 3.8) is 0 Å². The Balaban J connectivity index is 2.18. The Kier molecular flexibility index (Phi) is 5.87. The van der Waals surface area contributed by atoms with E-state index in [1.807, 2.05) is 30.3 Å². The first-order chi connectivity index (χ1) is 13.5. The summed E-state index contributed by atoms with van der Waals surface area (Å²) in [6.07, 6.45) is 1.39. The minimum Gasteiger partial charge on any atom is -0.484 e. The number of benzene rings is 2. The maximum Gasteiger partial charge on any atom is 0.176 e. The van der Waals surface area contributed by atoms with E-state index in [9.17, 15) is 21.6 Å². The Labute approximate surface area is 171 Å². The predicted molar refractivity (Wildman–Crippen MR) is 112 cm³/mol.